The molecule has 0 aliphatic heterocycles. The second-order valence-electron chi connectivity index (χ2n) is 5.90. The van der Waals surface area contributed by atoms with E-state index in [-0.39, 0.29) is 9.81 Å². The molecular weight excluding hydrogens is 623 g/mol. The number of hydrogen-bond donors (Lipinski definition) is 0. The van der Waals surface area contributed by atoms with Crippen molar-refractivity contribution in [2.75, 3.05) is 0 Å². The zero-order valence-corrected chi connectivity index (χ0v) is 19.7. The summed E-state index contributed by atoms with van der Waals surface area (Å²) in [6.07, 6.45) is 0. The first-order valence-electron chi connectivity index (χ1n) is 8.08. The van der Waals surface area contributed by atoms with Gasteiger partial charge in [0, 0.05) is 0 Å². The molecule has 3 rings (SSSR count). The second-order valence-corrected chi connectivity index (χ2v) is 24.7. The predicted molar refractivity (Wildman–Crippen MR) is 106 cm³/mol. The summed E-state index contributed by atoms with van der Waals surface area (Å²) in [6, 6.07) is 21.4. The molecule has 0 atom stereocenters. The zero-order valence-electron chi connectivity index (χ0n) is 14.6. The van der Waals surface area contributed by atoms with Gasteiger partial charge in [-0.2, -0.15) is 0 Å². The monoisotopic (exact) mass is 638 g/mol. The minimum atomic E-state index is -7.03. The summed E-state index contributed by atoms with van der Waals surface area (Å²) < 4.78 is 85.4. The molecule has 29 heavy (non-hydrogen) atoms. The fraction of sp³-hybridized carbons (Fsp3) is 0. The van der Waals surface area contributed by atoms with Gasteiger partial charge in [0.15, 0.2) is 0 Å². The van der Waals surface area contributed by atoms with Gasteiger partial charge in [-0.1, -0.05) is 0 Å². The van der Waals surface area contributed by atoms with Crippen molar-refractivity contribution in [1.82, 2.24) is 0 Å². The third kappa shape index (κ3) is 4.24. The predicted octanol–water partition coefficient (Wildman–Crippen LogP) is 1.57. The van der Waals surface area contributed by atoms with Crippen molar-refractivity contribution in [2.24, 2.45) is 0 Å². The van der Waals surface area contributed by atoms with Gasteiger partial charge in [0.25, 0.3) is 0 Å². The molecule has 0 saturated carbocycles. The van der Waals surface area contributed by atoms with E-state index >= 15 is 0 Å². The first-order chi connectivity index (χ1) is 13.6. The van der Waals surface area contributed by atoms with E-state index in [4.69, 9.17) is 4.52 Å². The van der Waals surface area contributed by atoms with Gasteiger partial charge >= 0.3 is 171 Å². The topological polar surface area (TPSA) is 86.7 Å². The molecule has 0 saturated heterocycles. The SMILES string of the molecule is O=S(=O)(F)[O][Bi]([O]S(=O)(=O)F)([c]1ccccc1)([c]1ccccc1)[c]1ccccc1. The molecule has 3 aromatic rings. The Balaban J connectivity index is 2.65. The molecule has 0 spiro atoms. The fourth-order valence-corrected chi connectivity index (χ4v) is 31.1. The first kappa shape index (κ1) is 21.9. The van der Waals surface area contributed by atoms with E-state index in [1.165, 1.54) is 72.8 Å². The quantitative estimate of drug-likeness (QED) is 0.289. The molecule has 154 valence electrons. The van der Waals surface area contributed by atoms with Crippen LogP contribution < -0.4 is 9.81 Å². The van der Waals surface area contributed by atoms with Gasteiger partial charge in [0.05, 0.1) is 0 Å². The summed E-state index contributed by atoms with van der Waals surface area (Å²) in [7, 11) is -11.6. The molecule has 0 bridgehead atoms. The van der Waals surface area contributed by atoms with Crippen LogP contribution in [0.4, 0.5) is 7.77 Å². The molecule has 0 N–H and O–H groups in total. The Morgan fingerprint density at radius 1 is 0.517 bits per heavy atom. The van der Waals surface area contributed by atoms with Crippen LogP contribution in [-0.4, -0.2) is 36.5 Å². The molecule has 0 fully saturated rings. The van der Waals surface area contributed by atoms with E-state index in [0.717, 1.165) is 0 Å². The van der Waals surface area contributed by atoms with Crippen molar-refractivity contribution in [1.29, 1.82) is 0 Å². The van der Waals surface area contributed by atoms with E-state index in [0.29, 0.717) is 0 Å². The molecule has 6 nitrogen and oxygen atoms in total. The van der Waals surface area contributed by atoms with Gasteiger partial charge in [-0.3, -0.25) is 0 Å². The third-order valence-corrected chi connectivity index (χ3v) is 30.3. The maximum absolute atomic E-state index is 14.2. The number of hydrogen-bond acceptors (Lipinski definition) is 6. The molecule has 0 heterocycles. The van der Waals surface area contributed by atoms with Crippen LogP contribution in [0.15, 0.2) is 91.0 Å². The van der Waals surface area contributed by atoms with Crippen LogP contribution in [0.5, 0.6) is 0 Å². The van der Waals surface area contributed by atoms with Gasteiger partial charge in [-0.05, 0) is 0 Å². The van der Waals surface area contributed by atoms with Gasteiger partial charge in [0.2, 0.25) is 0 Å². The zero-order chi connectivity index (χ0) is 21.2. The summed E-state index contributed by atoms with van der Waals surface area (Å²) in [5.74, 6) is 0. The van der Waals surface area contributed by atoms with Crippen LogP contribution in [-0.2, 0) is 25.5 Å². The van der Waals surface area contributed by atoms with E-state index in [1.807, 2.05) is 0 Å². The maximum atomic E-state index is 14.2. The molecule has 0 aromatic heterocycles. The van der Waals surface area contributed by atoms with Gasteiger partial charge in [0.1, 0.15) is 0 Å². The van der Waals surface area contributed by atoms with E-state index in [9.17, 15) is 24.6 Å². The Morgan fingerprint density at radius 2 is 0.759 bits per heavy atom. The Hall–Kier alpha value is -1.78. The Labute approximate surface area is 169 Å². The number of benzene rings is 3. The van der Waals surface area contributed by atoms with Crippen LogP contribution in [0, 0.1) is 0 Å². The normalized spacial score (nSPS) is 14.1. The molecule has 11 heteroatoms. The van der Waals surface area contributed by atoms with Crippen molar-refractivity contribution < 1.29 is 29.1 Å². The van der Waals surface area contributed by atoms with Crippen LogP contribution in [0.2, 0.25) is 0 Å². The second kappa shape index (κ2) is 7.81. The van der Waals surface area contributed by atoms with Crippen molar-refractivity contribution in [3.63, 3.8) is 0 Å². The molecule has 0 aliphatic rings. The van der Waals surface area contributed by atoms with Crippen molar-refractivity contribution in [3.05, 3.63) is 91.0 Å². The van der Waals surface area contributed by atoms with Gasteiger partial charge < -0.3 is 0 Å². The fourth-order valence-electron chi connectivity index (χ4n) is 3.15. The van der Waals surface area contributed by atoms with Crippen molar-refractivity contribution >= 4 is 50.5 Å². The summed E-state index contributed by atoms with van der Waals surface area (Å²) >= 11 is -7.03. The summed E-state index contributed by atoms with van der Waals surface area (Å²) in [5, 5.41) is 0. The van der Waals surface area contributed by atoms with Crippen LogP contribution in [0.1, 0.15) is 0 Å². The summed E-state index contributed by atoms with van der Waals surface area (Å²) in [5.41, 5.74) is 0. The Morgan fingerprint density at radius 3 is 0.966 bits per heavy atom. The summed E-state index contributed by atoms with van der Waals surface area (Å²) in [4.78, 5) is 0. The standard InChI is InChI=1S/3C6H5.Bi.2FHO3S/c3*1-2-4-6-5-3-1;;2*1-5(2,3)4/h3*1-5H;;2*(H,2,3,4)/q;;;+2;;/p-2. The third-order valence-electron chi connectivity index (χ3n) is 4.14. The molecule has 0 radical (unpaired) electrons. The first-order valence-corrected chi connectivity index (χ1v) is 18.7. The van der Waals surface area contributed by atoms with E-state index < -0.39 is 40.7 Å². The Kier molecular flexibility index (Phi) is 5.90. The number of rotatable bonds is 7. The molecule has 0 aliphatic carbocycles. The molecule has 3 aromatic carbocycles. The van der Waals surface area contributed by atoms with E-state index in [2.05, 4.69) is 0 Å². The van der Waals surface area contributed by atoms with Crippen LogP contribution in [0.3, 0.4) is 0 Å². The average molecular weight is 638 g/mol. The van der Waals surface area contributed by atoms with Crippen LogP contribution >= 0.6 is 0 Å². The Bertz CT molecular complexity index is 1070. The molecule has 0 unspecified atom stereocenters. The molecule has 0 amide bonds. The minimum absolute atomic E-state index is 0.0849. The summed E-state index contributed by atoms with van der Waals surface area (Å²) in [6.45, 7) is 0. The van der Waals surface area contributed by atoms with E-state index in [1.54, 1.807) is 18.2 Å². The van der Waals surface area contributed by atoms with Gasteiger partial charge in [-0.15, -0.1) is 0 Å². The van der Waals surface area contributed by atoms with Crippen molar-refractivity contribution in [2.45, 2.75) is 0 Å². The van der Waals surface area contributed by atoms with Gasteiger partial charge in [-0.25, -0.2) is 0 Å². The average Bonchev–Trinajstić information content (AvgIpc) is 2.67. The number of halogens is 2. The van der Waals surface area contributed by atoms with Crippen molar-refractivity contribution in [3.8, 4) is 0 Å². The van der Waals surface area contributed by atoms with Crippen LogP contribution in [0.25, 0.3) is 0 Å². The molecular formula is C18H15BiF2O6S2.